The third kappa shape index (κ3) is 2.93. The van der Waals surface area contributed by atoms with Gasteiger partial charge < -0.3 is 0 Å². The summed E-state index contributed by atoms with van der Waals surface area (Å²) in [6.07, 6.45) is 0.256. The van der Waals surface area contributed by atoms with Gasteiger partial charge in [0.05, 0.1) is 23.0 Å². The fraction of sp³-hybridized carbons (Fsp3) is 0.190. The highest BCUT2D eigenvalue weighted by atomic mass is 16.1. The normalized spacial score (nSPS) is 15.1. The van der Waals surface area contributed by atoms with Gasteiger partial charge in [-0.25, -0.2) is 0 Å². The van der Waals surface area contributed by atoms with Gasteiger partial charge in [0.15, 0.2) is 5.82 Å². The second-order valence-electron chi connectivity index (χ2n) is 6.55. The Balaban J connectivity index is 1.98. The summed E-state index contributed by atoms with van der Waals surface area (Å²) in [6, 6.07) is 17.0. The summed E-state index contributed by atoms with van der Waals surface area (Å²) >= 11 is 0. The van der Waals surface area contributed by atoms with Crippen molar-refractivity contribution in [2.45, 2.75) is 26.3 Å². The zero-order valence-electron chi connectivity index (χ0n) is 15.0. The van der Waals surface area contributed by atoms with Crippen LogP contribution >= 0.6 is 0 Å². The molecule has 0 aliphatic carbocycles. The predicted octanol–water partition coefficient (Wildman–Crippen LogP) is 3.32. The fourth-order valence-electron chi connectivity index (χ4n) is 3.39. The number of hydrogen-bond acceptors (Lipinski definition) is 5. The van der Waals surface area contributed by atoms with E-state index in [4.69, 9.17) is 10.3 Å². The van der Waals surface area contributed by atoms with E-state index in [9.17, 15) is 4.79 Å². The molecule has 0 radical (unpaired) electrons. The van der Waals surface area contributed by atoms with Crippen LogP contribution in [0.5, 0.6) is 0 Å². The first-order valence-corrected chi connectivity index (χ1v) is 8.68. The molecule has 2 aromatic carbocycles. The van der Waals surface area contributed by atoms with Gasteiger partial charge in [0.25, 0.3) is 0 Å². The fourth-order valence-corrected chi connectivity index (χ4v) is 3.39. The highest BCUT2D eigenvalue weighted by Crippen LogP contribution is 2.32. The molecule has 0 fully saturated rings. The minimum Gasteiger partial charge on any atom is -0.300 e. The Bertz CT molecular complexity index is 1100. The molecule has 6 heteroatoms. The molecular weight excluding hydrogens is 338 g/mol. The minimum atomic E-state index is -0.415. The number of aliphatic imine (C=N–C) groups is 1. The van der Waals surface area contributed by atoms with Crippen LogP contribution in [-0.4, -0.2) is 26.3 Å². The van der Waals surface area contributed by atoms with Crippen LogP contribution in [0.2, 0.25) is 0 Å². The van der Waals surface area contributed by atoms with Crippen molar-refractivity contribution in [3.63, 3.8) is 0 Å². The highest BCUT2D eigenvalue weighted by molar-refractivity contribution is 6.15. The number of aryl methyl sites for hydroxylation is 1. The number of carbonyl (C=O) groups is 1. The molecule has 2 heterocycles. The van der Waals surface area contributed by atoms with Gasteiger partial charge in [0.2, 0.25) is 0 Å². The SMILES string of the molecule is CC(=O)C[C@@H]1N=C(c2ccc(C#N)cc2)c2ccccc2-n2c(C)nnc21. The molecule has 27 heavy (non-hydrogen) atoms. The lowest BCUT2D eigenvalue weighted by Gasteiger charge is -2.12. The molecule has 1 aliphatic rings. The zero-order chi connectivity index (χ0) is 19.0. The van der Waals surface area contributed by atoms with E-state index >= 15 is 0 Å². The minimum absolute atomic E-state index is 0.0427. The van der Waals surface area contributed by atoms with Crippen LogP contribution in [0.3, 0.4) is 0 Å². The number of hydrogen-bond donors (Lipinski definition) is 0. The maximum Gasteiger partial charge on any atom is 0.162 e. The van der Waals surface area contributed by atoms with E-state index < -0.39 is 6.04 Å². The number of nitriles is 1. The number of para-hydroxylation sites is 1. The Morgan fingerprint density at radius 1 is 1.15 bits per heavy atom. The second kappa shape index (κ2) is 6.61. The number of carbonyl (C=O) groups excluding carboxylic acids is 1. The predicted molar refractivity (Wildman–Crippen MR) is 101 cm³/mol. The van der Waals surface area contributed by atoms with Crippen LogP contribution in [-0.2, 0) is 4.79 Å². The molecule has 0 saturated heterocycles. The zero-order valence-corrected chi connectivity index (χ0v) is 15.0. The quantitative estimate of drug-likeness (QED) is 0.721. The summed E-state index contributed by atoms with van der Waals surface area (Å²) in [7, 11) is 0. The van der Waals surface area contributed by atoms with Crippen molar-refractivity contribution in [3.8, 4) is 11.8 Å². The van der Waals surface area contributed by atoms with E-state index in [0.717, 1.165) is 28.4 Å². The van der Waals surface area contributed by atoms with E-state index in [-0.39, 0.29) is 12.2 Å². The molecule has 3 aromatic rings. The van der Waals surface area contributed by atoms with Crippen molar-refractivity contribution in [1.82, 2.24) is 14.8 Å². The topological polar surface area (TPSA) is 83.9 Å². The highest BCUT2D eigenvalue weighted by Gasteiger charge is 2.28. The maximum atomic E-state index is 11.9. The molecule has 1 atom stereocenters. The molecule has 132 valence electrons. The summed E-state index contributed by atoms with van der Waals surface area (Å²) in [5.41, 5.74) is 4.15. The Morgan fingerprint density at radius 2 is 1.89 bits per heavy atom. The van der Waals surface area contributed by atoms with E-state index in [0.29, 0.717) is 11.4 Å². The molecule has 1 aliphatic heterocycles. The molecule has 0 saturated carbocycles. The monoisotopic (exact) mass is 355 g/mol. The van der Waals surface area contributed by atoms with Crippen molar-refractivity contribution >= 4 is 11.5 Å². The summed E-state index contributed by atoms with van der Waals surface area (Å²) < 4.78 is 1.98. The number of rotatable bonds is 3. The molecule has 1 aromatic heterocycles. The average molecular weight is 355 g/mol. The van der Waals surface area contributed by atoms with E-state index in [1.165, 1.54) is 0 Å². The van der Waals surface area contributed by atoms with Crippen molar-refractivity contribution in [1.29, 1.82) is 5.26 Å². The van der Waals surface area contributed by atoms with Crippen molar-refractivity contribution in [2.24, 2.45) is 4.99 Å². The van der Waals surface area contributed by atoms with Crippen LogP contribution in [0.1, 0.15) is 47.7 Å². The third-order valence-corrected chi connectivity index (χ3v) is 4.60. The van der Waals surface area contributed by atoms with Crippen LogP contribution < -0.4 is 0 Å². The molecule has 0 amide bonds. The van der Waals surface area contributed by atoms with Crippen LogP contribution in [0.25, 0.3) is 5.69 Å². The molecule has 4 rings (SSSR count). The number of nitrogens with zero attached hydrogens (tertiary/aromatic N) is 5. The van der Waals surface area contributed by atoms with Gasteiger partial charge in [0.1, 0.15) is 17.6 Å². The first-order chi connectivity index (χ1) is 13.1. The summed E-state index contributed by atoms with van der Waals surface area (Å²) in [4.78, 5) is 16.8. The standard InChI is InChI=1S/C21H17N5O/c1-13(27)11-18-21-25-24-14(2)26(21)19-6-4-3-5-17(19)20(23-18)16-9-7-15(12-22)8-10-16/h3-10,18H,11H2,1-2H3/t18-/m0/s1. The Kier molecular flexibility index (Phi) is 4.13. The first-order valence-electron chi connectivity index (χ1n) is 8.68. The van der Waals surface area contributed by atoms with Crippen molar-refractivity contribution < 1.29 is 4.79 Å². The molecule has 0 N–H and O–H groups in total. The number of ketones is 1. The van der Waals surface area contributed by atoms with Crippen LogP contribution in [0.15, 0.2) is 53.5 Å². The number of aromatic nitrogens is 3. The number of Topliss-reactive ketones (excluding diaryl/α,β-unsaturated/α-hetero) is 1. The molecular formula is C21H17N5O. The molecule has 0 unspecified atom stereocenters. The lowest BCUT2D eigenvalue weighted by atomic mass is 9.99. The summed E-state index contributed by atoms with van der Waals surface area (Å²) in [6.45, 7) is 3.45. The average Bonchev–Trinajstić information content (AvgIpc) is 3.00. The van der Waals surface area contributed by atoms with Crippen molar-refractivity contribution in [2.75, 3.05) is 0 Å². The smallest absolute Gasteiger partial charge is 0.162 e. The van der Waals surface area contributed by atoms with E-state index in [1.54, 1.807) is 19.1 Å². The van der Waals surface area contributed by atoms with Gasteiger partial charge in [-0.05, 0) is 32.0 Å². The molecule has 0 bridgehead atoms. The number of fused-ring (bicyclic) bond motifs is 3. The Morgan fingerprint density at radius 3 is 2.59 bits per heavy atom. The van der Waals surface area contributed by atoms with Gasteiger partial charge in [-0.3, -0.25) is 14.4 Å². The Labute approximate surface area is 156 Å². The molecule has 0 spiro atoms. The van der Waals surface area contributed by atoms with Gasteiger partial charge in [-0.2, -0.15) is 5.26 Å². The first kappa shape index (κ1) is 16.9. The number of benzene rings is 2. The van der Waals surface area contributed by atoms with E-state index in [2.05, 4.69) is 16.3 Å². The largest absolute Gasteiger partial charge is 0.300 e. The van der Waals surface area contributed by atoms with E-state index in [1.807, 2.05) is 47.9 Å². The molecule has 6 nitrogen and oxygen atoms in total. The van der Waals surface area contributed by atoms with Crippen LogP contribution in [0.4, 0.5) is 0 Å². The van der Waals surface area contributed by atoms with Gasteiger partial charge >= 0.3 is 0 Å². The van der Waals surface area contributed by atoms with Gasteiger partial charge in [0, 0.05) is 17.5 Å². The lowest BCUT2D eigenvalue weighted by Crippen LogP contribution is -2.09. The lowest BCUT2D eigenvalue weighted by molar-refractivity contribution is -0.117. The Hall–Kier alpha value is -3.59. The third-order valence-electron chi connectivity index (χ3n) is 4.60. The van der Waals surface area contributed by atoms with Gasteiger partial charge in [-0.1, -0.05) is 30.3 Å². The summed E-state index contributed by atoms with van der Waals surface area (Å²) in [5, 5.41) is 17.6. The van der Waals surface area contributed by atoms with Crippen molar-refractivity contribution in [3.05, 3.63) is 76.9 Å². The van der Waals surface area contributed by atoms with Crippen LogP contribution in [0, 0.1) is 18.3 Å². The second-order valence-corrected chi connectivity index (χ2v) is 6.55. The van der Waals surface area contributed by atoms with Gasteiger partial charge in [-0.15, -0.1) is 10.2 Å². The maximum absolute atomic E-state index is 11.9. The summed E-state index contributed by atoms with van der Waals surface area (Å²) in [5.74, 6) is 1.46.